The van der Waals surface area contributed by atoms with E-state index in [1.807, 2.05) is 22.6 Å². The molecule has 0 radical (unpaired) electrons. The summed E-state index contributed by atoms with van der Waals surface area (Å²) in [6.07, 6.45) is -1.97. The van der Waals surface area contributed by atoms with Gasteiger partial charge in [0.05, 0.1) is 16.3 Å². The maximum Gasteiger partial charge on any atom is 0.435 e. The Morgan fingerprint density at radius 2 is 1.97 bits per heavy atom. The zero-order valence-electron chi connectivity index (χ0n) is 17.9. The predicted octanol–water partition coefficient (Wildman–Crippen LogP) is 5.41. The molecule has 1 aromatic carbocycles. The van der Waals surface area contributed by atoms with Crippen molar-refractivity contribution in [2.45, 2.75) is 26.1 Å². The summed E-state index contributed by atoms with van der Waals surface area (Å²) in [6, 6.07) is 6.43. The molecule has 2 aromatic heterocycles. The van der Waals surface area contributed by atoms with Crippen molar-refractivity contribution in [3.8, 4) is 5.82 Å². The monoisotopic (exact) mass is 603 g/mol. The second-order valence-corrected chi connectivity index (χ2v) is 8.88. The van der Waals surface area contributed by atoms with Gasteiger partial charge in [0, 0.05) is 21.9 Å². The smallest absolute Gasteiger partial charge is 0.346 e. The fourth-order valence-electron chi connectivity index (χ4n) is 2.99. The standard InChI is InChI=1S/C22H18ClF3IN5O2/c1-4-12(3)29-20(33)14-9-13(27)8-11(2)18(14)30-21(34)16-10-17(22(24,25)26)31-32(16)19-15(23)6-5-7-28-19/h4-10,12H,1H2,2-3H3,(H,29,33)(H,30,34). The third-order valence-electron chi connectivity index (χ3n) is 4.67. The highest BCUT2D eigenvalue weighted by Crippen LogP contribution is 2.31. The van der Waals surface area contributed by atoms with Crippen LogP contribution < -0.4 is 10.6 Å². The minimum Gasteiger partial charge on any atom is -0.346 e. The number of nitrogens with zero attached hydrogens (tertiary/aromatic N) is 3. The molecule has 0 fully saturated rings. The Bertz CT molecular complexity index is 1280. The minimum absolute atomic E-state index is 0.00250. The van der Waals surface area contributed by atoms with Gasteiger partial charge >= 0.3 is 6.18 Å². The number of aromatic nitrogens is 3. The van der Waals surface area contributed by atoms with Crippen LogP contribution in [-0.2, 0) is 6.18 Å². The summed E-state index contributed by atoms with van der Waals surface area (Å²) in [5, 5.41) is 8.79. The third-order valence-corrected chi connectivity index (χ3v) is 5.59. The average Bonchev–Trinajstić information content (AvgIpc) is 3.21. The first-order valence-electron chi connectivity index (χ1n) is 9.75. The summed E-state index contributed by atoms with van der Waals surface area (Å²) < 4.78 is 41.7. The van der Waals surface area contributed by atoms with Gasteiger partial charge in [-0.3, -0.25) is 9.59 Å². The molecule has 178 valence electrons. The van der Waals surface area contributed by atoms with Crippen molar-refractivity contribution < 1.29 is 22.8 Å². The number of halogens is 5. The molecular formula is C22H18ClF3IN5O2. The molecule has 0 bridgehead atoms. The number of hydrogen-bond donors (Lipinski definition) is 2. The van der Waals surface area contributed by atoms with Gasteiger partial charge in [0.1, 0.15) is 5.69 Å². The molecule has 1 unspecified atom stereocenters. The molecule has 7 nitrogen and oxygen atoms in total. The Kier molecular flexibility index (Phi) is 7.66. The Hall–Kier alpha value is -2.93. The fourth-order valence-corrected chi connectivity index (χ4v) is 3.97. The van der Waals surface area contributed by atoms with E-state index < -0.39 is 29.4 Å². The van der Waals surface area contributed by atoms with Crippen molar-refractivity contribution in [3.63, 3.8) is 0 Å². The number of carbonyl (C=O) groups excluding carboxylic acids is 2. The summed E-state index contributed by atoms with van der Waals surface area (Å²) in [4.78, 5) is 30.0. The van der Waals surface area contributed by atoms with Crippen LogP contribution >= 0.6 is 34.2 Å². The summed E-state index contributed by atoms with van der Waals surface area (Å²) in [5.41, 5.74) is -0.931. The molecule has 3 aromatic rings. The first kappa shape index (κ1) is 25.7. The molecule has 1 atom stereocenters. The number of alkyl halides is 3. The van der Waals surface area contributed by atoms with Gasteiger partial charge in [0.25, 0.3) is 11.8 Å². The van der Waals surface area contributed by atoms with Gasteiger partial charge in [-0.05, 0) is 66.3 Å². The zero-order chi connectivity index (χ0) is 25.2. The third kappa shape index (κ3) is 5.58. The van der Waals surface area contributed by atoms with E-state index in [9.17, 15) is 22.8 Å². The number of nitrogens with one attached hydrogen (secondary N) is 2. The van der Waals surface area contributed by atoms with Gasteiger partial charge in [-0.15, -0.1) is 6.58 Å². The lowest BCUT2D eigenvalue weighted by Crippen LogP contribution is -2.32. The maximum atomic E-state index is 13.4. The Balaban J connectivity index is 2.09. The molecule has 2 amide bonds. The highest BCUT2D eigenvalue weighted by molar-refractivity contribution is 14.1. The van der Waals surface area contributed by atoms with Crippen LogP contribution in [0, 0.1) is 10.5 Å². The van der Waals surface area contributed by atoms with Crippen LogP contribution in [0.2, 0.25) is 5.02 Å². The molecule has 2 N–H and O–H groups in total. The van der Waals surface area contributed by atoms with Crippen LogP contribution in [0.25, 0.3) is 5.82 Å². The molecular weight excluding hydrogens is 586 g/mol. The number of amides is 2. The van der Waals surface area contributed by atoms with E-state index in [0.717, 1.165) is 8.25 Å². The van der Waals surface area contributed by atoms with E-state index >= 15 is 0 Å². The largest absolute Gasteiger partial charge is 0.435 e. The highest BCUT2D eigenvalue weighted by atomic mass is 127. The van der Waals surface area contributed by atoms with Gasteiger partial charge < -0.3 is 10.6 Å². The van der Waals surface area contributed by atoms with Crippen molar-refractivity contribution in [1.29, 1.82) is 0 Å². The lowest BCUT2D eigenvalue weighted by atomic mass is 10.1. The van der Waals surface area contributed by atoms with Crippen molar-refractivity contribution in [2.24, 2.45) is 0 Å². The van der Waals surface area contributed by atoms with Crippen LogP contribution in [0.5, 0.6) is 0 Å². The predicted molar refractivity (Wildman–Crippen MR) is 130 cm³/mol. The fraction of sp³-hybridized carbons (Fsp3) is 0.182. The van der Waals surface area contributed by atoms with Crippen molar-refractivity contribution in [2.75, 3.05) is 5.32 Å². The van der Waals surface area contributed by atoms with E-state index in [2.05, 4.69) is 27.3 Å². The van der Waals surface area contributed by atoms with E-state index in [0.29, 0.717) is 11.6 Å². The van der Waals surface area contributed by atoms with E-state index in [4.69, 9.17) is 11.6 Å². The molecule has 0 aliphatic carbocycles. The van der Waals surface area contributed by atoms with E-state index in [1.54, 1.807) is 26.0 Å². The van der Waals surface area contributed by atoms with Gasteiger partial charge in [-0.25, -0.2) is 9.67 Å². The van der Waals surface area contributed by atoms with Crippen molar-refractivity contribution in [3.05, 3.63) is 80.3 Å². The van der Waals surface area contributed by atoms with Gasteiger partial charge in [-0.2, -0.15) is 18.3 Å². The molecule has 0 saturated carbocycles. The van der Waals surface area contributed by atoms with Crippen LogP contribution in [0.15, 0.2) is 49.2 Å². The Labute approximate surface area is 211 Å². The summed E-state index contributed by atoms with van der Waals surface area (Å²) in [7, 11) is 0. The highest BCUT2D eigenvalue weighted by Gasteiger charge is 2.36. The number of carbonyl (C=O) groups is 2. The SMILES string of the molecule is C=CC(C)NC(=O)c1cc(I)cc(C)c1NC(=O)c1cc(C(F)(F)F)nn1-c1ncccc1Cl. The first-order chi connectivity index (χ1) is 15.9. The van der Waals surface area contributed by atoms with Crippen LogP contribution in [0.4, 0.5) is 18.9 Å². The second kappa shape index (κ2) is 10.1. The van der Waals surface area contributed by atoms with Gasteiger partial charge in [0.2, 0.25) is 0 Å². The van der Waals surface area contributed by atoms with Crippen LogP contribution in [0.3, 0.4) is 0 Å². The van der Waals surface area contributed by atoms with Gasteiger partial charge in [0.15, 0.2) is 11.5 Å². The maximum absolute atomic E-state index is 13.4. The lowest BCUT2D eigenvalue weighted by Gasteiger charge is -2.17. The molecule has 3 rings (SSSR count). The average molecular weight is 604 g/mol. The lowest BCUT2D eigenvalue weighted by molar-refractivity contribution is -0.141. The number of benzene rings is 1. The molecule has 0 aliphatic rings. The van der Waals surface area contributed by atoms with E-state index in [1.165, 1.54) is 24.4 Å². The first-order valence-corrected chi connectivity index (χ1v) is 11.2. The Morgan fingerprint density at radius 3 is 2.59 bits per heavy atom. The summed E-state index contributed by atoms with van der Waals surface area (Å²) in [6.45, 7) is 7.00. The molecule has 12 heteroatoms. The number of pyridine rings is 1. The zero-order valence-corrected chi connectivity index (χ0v) is 20.8. The molecule has 0 saturated heterocycles. The normalized spacial score (nSPS) is 12.2. The minimum atomic E-state index is -4.81. The summed E-state index contributed by atoms with van der Waals surface area (Å²) >= 11 is 8.12. The topological polar surface area (TPSA) is 88.9 Å². The van der Waals surface area contributed by atoms with Crippen LogP contribution in [-0.4, -0.2) is 32.6 Å². The summed E-state index contributed by atoms with van der Waals surface area (Å²) in [5.74, 6) is -1.57. The van der Waals surface area contributed by atoms with E-state index in [-0.39, 0.29) is 28.1 Å². The van der Waals surface area contributed by atoms with Crippen molar-refractivity contribution >= 4 is 51.7 Å². The second-order valence-electron chi connectivity index (χ2n) is 7.23. The number of rotatable bonds is 6. The molecule has 34 heavy (non-hydrogen) atoms. The quantitative estimate of drug-likeness (QED) is 0.291. The molecule has 0 spiro atoms. The molecule has 0 aliphatic heterocycles. The molecule has 2 heterocycles. The Morgan fingerprint density at radius 1 is 1.26 bits per heavy atom. The number of hydrogen-bond acceptors (Lipinski definition) is 4. The number of aryl methyl sites for hydroxylation is 1. The number of anilines is 1. The van der Waals surface area contributed by atoms with Gasteiger partial charge in [-0.1, -0.05) is 17.7 Å². The van der Waals surface area contributed by atoms with Crippen molar-refractivity contribution in [1.82, 2.24) is 20.1 Å². The van der Waals surface area contributed by atoms with Crippen LogP contribution in [0.1, 0.15) is 39.0 Å².